The van der Waals surface area contributed by atoms with Gasteiger partial charge in [0, 0.05) is 10.3 Å². The van der Waals surface area contributed by atoms with Crippen molar-refractivity contribution in [1.82, 2.24) is 0 Å². The maximum absolute atomic E-state index is 12.3. The molecule has 1 aromatic heterocycles. The van der Waals surface area contributed by atoms with Gasteiger partial charge in [-0.25, -0.2) is 0 Å². The van der Waals surface area contributed by atoms with Gasteiger partial charge in [0.15, 0.2) is 5.78 Å². The van der Waals surface area contributed by atoms with Gasteiger partial charge in [0.05, 0.1) is 18.4 Å². The Morgan fingerprint density at radius 1 is 1.19 bits per heavy atom. The van der Waals surface area contributed by atoms with Gasteiger partial charge >= 0.3 is 0 Å². The number of benzene rings is 2. The third kappa shape index (κ3) is 2.95. The highest BCUT2D eigenvalue weighted by Crippen LogP contribution is 2.26. The van der Waals surface area contributed by atoms with Crippen molar-refractivity contribution in [3.8, 4) is 5.75 Å². The molecule has 2 aromatic carbocycles. The standard InChI is InChI=1S/C17H14O3S/c1-19-12-5-4-6-13(9-12)21-11-16(18)15-10-20-17-8-3-2-7-14(15)17/h2-10H,11H2,1H3. The predicted molar refractivity (Wildman–Crippen MR) is 84.3 cm³/mol. The first-order valence-electron chi connectivity index (χ1n) is 6.54. The molecular formula is C17H14O3S. The van der Waals surface area contributed by atoms with Gasteiger partial charge in [-0.05, 0) is 24.3 Å². The number of rotatable bonds is 5. The molecule has 0 aliphatic carbocycles. The van der Waals surface area contributed by atoms with Gasteiger partial charge in [-0.2, -0.15) is 0 Å². The molecule has 0 N–H and O–H groups in total. The van der Waals surface area contributed by atoms with Gasteiger partial charge in [-0.1, -0.05) is 24.3 Å². The number of carbonyl (C=O) groups excluding carboxylic acids is 1. The fraction of sp³-hybridized carbons (Fsp3) is 0.118. The third-order valence-electron chi connectivity index (χ3n) is 3.19. The summed E-state index contributed by atoms with van der Waals surface area (Å²) in [6.45, 7) is 0. The minimum atomic E-state index is 0.0627. The lowest BCUT2D eigenvalue weighted by atomic mass is 10.1. The Bertz CT molecular complexity index is 776. The molecule has 21 heavy (non-hydrogen) atoms. The van der Waals surface area contributed by atoms with Crippen molar-refractivity contribution in [2.24, 2.45) is 0 Å². The van der Waals surface area contributed by atoms with Gasteiger partial charge in [-0.15, -0.1) is 11.8 Å². The van der Waals surface area contributed by atoms with Crippen LogP contribution in [-0.4, -0.2) is 18.6 Å². The van der Waals surface area contributed by atoms with Crippen molar-refractivity contribution in [3.63, 3.8) is 0 Å². The summed E-state index contributed by atoms with van der Waals surface area (Å²) in [6.07, 6.45) is 1.54. The van der Waals surface area contributed by atoms with Crippen molar-refractivity contribution < 1.29 is 13.9 Å². The normalized spacial score (nSPS) is 10.7. The van der Waals surface area contributed by atoms with Crippen LogP contribution < -0.4 is 4.74 Å². The number of fused-ring (bicyclic) bond motifs is 1. The fourth-order valence-electron chi connectivity index (χ4n) is 2.11. The summed E-state index contributed by atoms with van der Waals surface area (Å²) in [5.41, 5.74) is 1.38. The average molecular weight is 298 g/mol. The van der Waals surface area contributed by atoms with Crippen LogP contribution in [0.1, 0.15) is 10.4 Å². The highest BCUT2D eigenvalue weighted by molar-refractivity contribution is 8.00. The summed E-state index contributed by atoms with van der Waals surface area (Å²) in [4.78, 5) is 13.3. The van der Waals surface area contributed by atoms with Crippen LogP contribution in [0, 0.1) is 0 Å². The molecule has 0 amide bonds. The van der Waals surface area contributed by atoms with Crippen LogP contribution in [0.5, 0.6) is 5.75 Å². The zero-order valence-corrected chi connectivity index (χ0v) is 12.4. The van der Waals surface area contributed by atoms with Crippen molar-refractivity contribution in [2.75, 3.05) is 12.9 Å². The van der Waals surface area contributed by atoms with E-state index in [1.54, 1.807) is 13.4 Å². The van der Waals surface area contributed by atoms with Crippen LogP contribution in [0.4, 0.5) is 0 Å². The number of para-hydroxylation sites is 1. The maximum Gasteiger partial charge on any atom is 0.176 e. The Hall–Kier alpha value is -2.20. The van der Waals surface area contributed by atoms with E-state index in [-0.39, 0.29) is 5.78 Å². The van der Waals surface area contributed by atoms with Gasteiger partial charge in [0.1, 0.15) is 17.6 Å². The molecule has 3 nitrogen and oxygen atoms in total. The van der Waals surface area contributed by atoms with Gasteiger partial charge in [0.25, 0.3) is 0 Å². The fourth-order valence-corrected chi connectivity index (χ4v) is 2.94. The van der Waals surface area contributed by atoms with Gasteiger partial charge in [-0.3, -0.25) is 4.79 Å². The zero-order valence-electron chi connectivity index (χ0n) is 11.5. The SMILES string of the molecule is COc1cccc(SCC(=O)c2coc3ccccc23)c1. The van der Waals surface area contributed by atoms with Crippen LogP contribution in [0.25, 0.3) is 11.0 Å². The van der Waals surface area contributed by atoms with E-state index in [4.69, 9.17) is 9.15 Å². The first-order chi connectivity index (χ1) is 10.3. The van der Waals surface area contributed by atoms with Gasteiger partial charge in [0.2, 0.25) is 0 Å². The first-order valence-corrected chi connectivity index (χ1v) is 7.53. The van der Waals surface area contributed by atoms with E-state index in [1.165, 1.54) is 11.8 Å². The summed E-state index contributed by atoms with van der Waals surface area (Å²) in [5, 5.41) is 0.869. The van der Waals surface area contributed by atoms with Crippen LogP contribution in [-0.2, 0) is 0 Å². The van der Waals surface area contributed by atoms with Crippen molar-refractivity contribution in [1.29, 1.82) is 0 Å². The number of furan rings is 1. The zero-order chi connectivity index (χ0) is 14.7. The number of carbonyl (C=O) groups is 1. The molecule has 0 spiro atoms. The monoisotopic (exact) mass is 298 g/mol. The molecule has 0 saturated heterocycles. The minimum absolute atomic E-state index is 0.0627. The number of Topliss-reactive ketones (excluding diaryl/α,β-unsaturated/α-hetero) is 1. The molecule has 106 valence electrons. The Balaban J connectivity index is 1.74. The lowest BCUT2D eigenvalue weighted by Gasteiger charge is -2.03. The molecule has 0 atom stereocenters. The number of thioether (sulfide) groups is 1. The van der Waals surface area contributed by atoms with Crippen LogP contribution in [0.2, 0.25) is 0 Å². The largest absolute Gasteiger partial charge is 0.497 e. The number of ketones is 1. The van der Waals surface area contributed by atoms with Gasteiger partial charge < -0.3 is 9.15 Å². The predicted octanol–water partition coefficient (Wildman–Crippen LogP) is 4.42. The van der Waals surface area contributed by atoms with Crippen LogP contribution >= 0.6 is 11.8 Å². The van der Waals surface area contributed by atoms with E-state index < -0.39 is 0 Å². The average Bonchev–Trinajstić information content (AvgIpc) is 2.97. The highest BCUT2D eigenvalue weighted by Gasteiger charge is 2.13. The van der Waals surface area contributed by atoms with E-state index >= 15 is 0 Å². The molecule has 0 aliphatic rings. The lowest BCUT2D eigenvalue weighted by molar-refractivity contribution is 0.102. The van der Waals surface area contributed by atoms with Crippen LogP contribution in [0.3, 0.4) is 0 Å². The summed E-state index contributed by atoms with van der Waals surface area (Å²) in [5.74, 6) is 1.23. The molecule has 0 bridgehead atoms. The third-order valence-corrected chi connectivity index (χ3v) is 4.19. The number of hydrogen-bond acceptors (Lipinski definition) is 4. The van der Waals surface area contributed by atoms with E-state index in [0.29, 0.717) is 11.3 Å². The smallest absolute Gasteiger partial charge is 0.176 e. The van der Waals surface area contributed by atoms with Crippen molar-refractivity contribution >= 4 is 28.5 Å². The second kappa shape index (κ2) is 6.06. The van der Waals surface area contributed by atoms with E-state index in [0.717, 1.165) is 21.6 Å². The maximum atomic E-state index is 12.3. The summed E-state index contributed by atoms with van der Waals surface area (Å²) in [7, 11) is 1.63. The molecule has 0 fully saturated rings. The summed E-state index contributed by atoms with van der Waals surface area (Å²) >= 11 is 1.49. The van der Waals surface area contributed by atoms with Crippen molar-refractivity contribution in [3.05, 3.63) is 60.4 Å². The molecular weight excluding hydrogens is 284 g/mol. The molecule has 4 heteroatoms. The quantitative estimate of drug-likeness (QED) is 0.516. The highest BCUT2D eigenvalue weighted by atomic mass is 32.2. The number of ether oxygens (including phenoxy) is 1. The van der Waals surface area contributed by atoms with E-state index in [2.05, 4.69) is 0 Å². The molecule has 1 heterocycles. The van der Waals surface area contributed by atoms with Crippen LogP contribution in [0.15, 0.2) is 64.1 Å². The number of methoxy groups -OCH3 is 1. The first kappa shape index (κ1) is 13.8. The molecule has 0 unspecified atom stereocenters. The second-order valence-corrected chi connectivity index (χ2v) is 5.59. The topological polar surface area (TPSA) is 39.4 Å². The van der Waals surface area contributed by atoms with E-state index in [1.807, 2.05) is 48.5 Å². The number of hydrogen-bond donors (Lipinski definition) is 0. The van der Waals surface area contributed by atoms with E-state index in [9.17, 15) is 4.79 Å². The minimum Gasteiger partial charge on any atom is -0.497 e. The molecule has 3 rings (SSSR count). The summed E-state index contributed by atoms with van der Waals surface area (Å²) in [6, 6.07) is 15.3. The summed E-state index contributed by atoms with van der Waals surface area (Å²) < 4.78 is 10.6. The molecule has 3 aromatic rings. The Labute approximate surface area is 126 Å². The molecule has 0 aliphatic heterocycles. The Morgan fingerprint density at radius 3 is 2.90 bits per heavy atom. The Kier molecular flexibility index (Phi) is 3.97. The lowest BCUT2D eigenvalue weighted by Crippen LogP contribution is -2.01. The second-order valence-electron chi connectivity index (χ2n) is 4.54. The van der Waals surface area contributed by atoms with Crippen molar-refractivity contribution in [2.45, 2.75) is 4.90 Å². The Morgan fingerprint density at radius 2 is 2.05 bits per heavy atom. The molecule has 0 saturated carbocycles. The molecule has 0 radical (unpaired) electrons.